The highest BCUT2D eigenvalue weighted by atomic mass is 35.5. The minimum absolute atomic E-state index is 0. The van der Waals surface area contributed by atoms with Crippen LogP contribution in [0.3, 0.4) is 0 Å². The van der Waals surface area contributed by atoms with E-state index >= 15 is 0 Å². The van der Waals surface area contributed by atoms with Gasteiger partial charge in [0.15, 0.2) is 0 Å². The number of piperazine rings is 1. The number of fused-ring (bicyclic) bond motifs is 1. The highest BCUT2D eigenvalue weighted by molar-refractivity contribution is 7.89. The van der Waals surface area contributed by atoms with Crippen LogP contribution >= 0.6 is 12.4 Å². The summed E-state index contributed by atoms with van der Waals surface area (Å²) in [6.07, 6.45) is 0.705. The number of rotatable bonds is 2. The molecule has 2 aliphatic rings. The number of benzene rings is 1. The Labute approximate surface area is 143 Å². The van der Waals surface area contributed by atoms with Crippen molar-refractivity contribution in [2.45, 2.75) is 31.2 Å². The Morgan fingerprint density at radius 1 is 1.30 bits per heavy atom. The first-order valence-corrected chi connectivity index (χ1v) is 8.98. The maximum Gasteiger partial charge on any atom is 0.243 e. The Bertz CT molecular complexity index is 708. The van der Waals surface area contributed by atoms with Crippen molar-refractivity contribution in [3.8, 4) is 0 Å². The number of amides is 1. The quantitative estimate of drug-likeness (QED) is 0.855. The van der Waals surface area contributed by atoms with E-state index in [1.54, 1.807) is 23.1 Å². The monoisotopic (exact) mass is 359 g/mol. The van der Waals surface area contributed by atoms with Crippen molar-refractivity contribution in [1.82, 2.24) is 9.62 Å². The van der Waals surface area contributed by atoms with Gasteiger partial charge in [0.25, 0.3) is 0 Å². The van der Waals surface area contributed by atoms with Gasteiger partial charge in [-0.3, -0.25) is 4.79 Å². The molecule has 1 saturated heterocycles. The van der Waals surface area contributed by atoms with E-state index in [1.165, 1.54) is 11.2 Å². The first-order chi connectivity index (χ1) is 10.4. The molecule has 1 aromatic carbocycles. The van der Waals surface area contributed by atoms with Crippen molar-refractivity contribution in [3.63, 3.8) is 0 Å². The number of anilines is 1. The van der Waals surface area contributed by atoms with Gasteiger partial charge < -0.3 is 10.2 Å². The average Bonchev–Trinajstić information content (AvgIpc) is 2.90. The molecule has 2 aliphatic heterocycles. The second-order valence-corrected chi connectivity index (χ2v) is 7.87. The van der Waals surface area contributed by atoms with E-state index < -0.39 is 10.0 Å². The van der Waals surface area contributed by atoms with Gasteiger partial charge in [-0.15, -0.1) is 12.4 Å². The molecule has 23 heavy (non-hydrogen) atoms. The maximum absolute atomic E-state index is 12.8. The SMILES string of the molecule is CC(=O)N1CCc2cc(S(=O)(=O)N3CCNC(C)C3)ccc21.Cl. The van der Waals surface area contributed by atoms with Crippen molar-refractivity contribution >= 4 is 34.0 Å². The van der Waals surface area contributed by atoms with Gasteiger partial charge >= 0.3 is 0 Å². The van der Waals surface area contributed by atoms with Gasteiger partial charge in [0.1, 0.15) is 0 Å². The standard InChI is InChI=1S/C15H21N3O3S.ClH/c1-11-10-17(8-6-16-11)22(20,21)14-3-4-15-13(9-14)5-7-18(15)12(2)19;/h3-4,9,11,16H,5-8,10H2,1-2H3;1H. The number of hydrogen-bond acceptors (Lipinski definition) is 4. The van der Waals surface area contributed by atoms with Crippen LogP contribution < -0.4 is 10.2 Å². The summed E-state index contributed by atoms with van der Waals surface area (Å²) in [7, 11) is -3.46. The first kappa shape index (κ1) is 18.2. The number of carbonyl (C=O) groups excluding carboxylic acids is 1. The smallest absolute Gasteiger partial charge is 0.243 e. The van der Waals surface area contributed by atoms with Gasteiger partial charge in [-0.25, -0.2) is 8.42 Å². The van der Waals surface area contributed by atoms with Gasteiger partial charge in [0.05, 0.1) is 4.90 Å². The average molecular weight is 360 g/mol. The number of sulfonamides is 1. The third kappa shape index (κ3) is 3.38. The van der Waals surface area contributed by atoms with Crippen molar-refractivity contribution < 1.29 is 13.2 Å². The zero-order chi connectivity index (χ0) is 15.9. The fourth-order valence-electron chi connectivity index (χ4n) is 3.13. The number of nitrogens with zero attached hydrogens (tertiary/aromatic N) is 2. The fraction of sp³-hybridized carbons (Fsp3) is 0.533. The van der Waals surface area contributed by atoms with E-state index in [1.807, 2.05) is 6.92 Å². The molecule has 128 valence electrons. The molecular weight excluding hydrogens is 338 g/mol. The minimum Gasteiger partial charge on any atom is -0.312 e. The molecular formula is C15H22ClN3O3S. The first-order valence-electron chi connectivity index (χ1n) is 7.54. The molecule has 1 atom stereocenters. The summed E-state index contributed by atoms with van der Waals surface area (Å²) in [5, 5.41) is 3.25. The molecule has 1 unspecified atom stereocenters. The summed E-state index contributed by atoms with van der Waals surface area (Å²) in [5.74, 6) is -0.00899. The molecule has 1 amide bonds. The maximum atomic E-state index is 12.8. The molecule has 3 rings (SSSR count). The van der Waals surface area contributed by atoms with Crippen LogP contribution in [0.5, 0.6) is 0 Å². The number of carbonyl (C=O) groups is 1. The molecule has 6 nitrogen and oxygen atoms in total. The van der Waals surface area contributed by atoms with Crippen LogP contribution in [0.25, 0.3) is 0 Å². The molecule has 0 radical (unpaired) electrons. The van der Waals surface area contributed by atoms with E-state index in [0.717, 1.165) is 11.3 Å². The lowest BCUT2D eigenvalue weighted by Crippen LogP contribution is -2.51. The van der Waals surface area contributed by atoms with Gasteiger partial charge in [-0.1, -0.05) is 0 Å². The van der Waals surface area contributed by atoms with Crippen molar-refractivity contribution in [2.75, 3.05) is 31.1 Å². The lowest BCUT2D eigenvalue weighted by Gasteiger charge is -2.31. The molecule has 0 aliphatic carbocycles. The van der Waals surface area contributed by atoms with Crippen LogP contribution in [0, 0.1) is 0 Å². The predicted octanol–water partition coefficient (Wildman–Crippen LogP) is 1.000. The largest absolute Gasteiger partial charge is 0.312 e. The topological polar surface area (TPSA) is 69.7 Å². The molecule has 0 bridgehead atoms. The molecule has 1 N–H and O–H groups in total. The highest BCUT2D eigenvalue weighted by Crippen LogP contribution is 2.31. The third-order valence-electron chi connectivity index (χ3n) is 4.30. The van der Waals surface area contributed by atoms with E-state index in [-0.39, 0.29) is 24.4 Å². The van der Waals surface area contributed by atoms with Gasteiger partial charge in [-0.2, -0.15) is 4.31 Å². The van der Waals surface area contributed by atoms with Crippen LogP contribution in [-0.2, 0) is 21.2 Å². The summed E-state index contributed by atoms with van der Waals surface area (Å²) in [5.41, 5.74) is 1.76. The van der Waals surface area contributed by atoms with Gasteiger partial charge in [-0.05, 0) is 37.1 Å². The van der Waals surface area contributed by atoms with Crippen molar-refractivity contribution in [2.24, 2.45) is 0 Å². The highest BCUT2D eigenvalue weighted by Gasteiger charge is 2.30. The molecule has 0 spiro atoms. The third-order valence-corrected chi connectivity index (χ3v) is 6.16. The minimum atomic E-state index is -3.46. The van der Waals surface area contributed by atoms with Crippen LogP contribution in [-0.4, -0.2) is 50.9 Å². The molecule has 1 aromatic rings. The zero-order valence-corrected chi connectivity index (χ0v) is 14.9. The number of hydrogen-bond donors (Lipinski definition) is 1. The van der Waals surface area contributed by atoms with E-state index in [0.29, 0.717) is 37.5 Å². The van der Waals surface area contributed by atoms with E-state index in [4.69, 9.17) is 0 Å². The normalized spacial score (nSPS) is 21.7. The van der Waals surface area contributed by atoms with Gasteiger partial charge in [0, 0.05) is 44.8 Å². The van der Waals surface area contributed by atoms with Crippen LogP contribution in [0.1, 0.15) is 19.4 Å². The Hall–Kier alpha value is -1.15. The summed E-state index contributed by atoms with van der Waals surface area (Å²) >= 11 is 0. The molecule has 1 fully saturated rings. The summed E-state index contributed by atoms with van der Waals surface area (Å²) in [6.45, 7) is 5.78. The van der Waals surface area contributed by atoms with E-state index in [2.05, 4.69) is 5.32 Å². The molecule has 2 heterocycles. The van der Waals surface area contributed by atoms with E-state index in [9.17, 15) is 13.2 Å². The number of nitrogens with one attached hydrogen (secondary N) is 1. The number of halogens is 1. The molecule has 0 saturated carbocycles. The Morgan fingerprint density at radius 3 is 2.70 bits per heavy atom. The van der Waals surface area contributed by atoms with Gasteiger partial charge in [0.2, 0.25) is 15.9 Å². The second-order valence-electron chi connectivity index (χ2n) is 5.93. The summed E-state index contributed by atoms with van der Waals surface area (Å²) < 4.78 is 27.1. The lowest BCUT2D eigenvalue weighted by atomic mass is 10.2. The lowest BCUT2D eigenvalue weighted by molar-refractivity contribution is -0.116. The Balaban J connectivity index is 0.00000192. The van der Waals surface area contributed by atoms with Crippen molar-refractivity contribution in [1.29, 1.82) is 0 Å². The molecule has 0 aromatic heterocycles. The second kappa shape index (κ2) is 6.76. The predicted molar refractivity (Wildman–Crippen MR) is 91.6 cm³/mol. The fourth-order valence-corrected chi connectivity index (χ4v) is 4.71. The summed E-state index contributed by atoms with van der Waals surface area (Å²) in [4.78, 5) is 13.6. The molecule has 8 heteroatoms. The van der Waals surface area contributed by atoms with Crippen molar-refractivity contribution in [3.05, 3.63) is 23.8 Å². The van der Waals surface area contributed by atoms with Crippen LogP contribution in [0.4, 0.5) is 5.69 Å². The van der Waals surface area contributed by atoms with Crippen LogP contribution in [0.15, 0.2) is 23.1 Å². The Kier molecular flexibility index (Phi) is 5.35. The Morgan fingerprint density at radius 2 is 2.04 bits per heavy atom. The van der Waals surface area contributed by atoms with Crippen LogP contribution in [0.2, 0.25) is 0 Å². The summed E-state index contributed by atoms with van der Waals surface area (Å²) in [6, 6.07) is 5.25. The zero-order valence-electron chi connectivity index (χ0n) is 13.3.